The number of anilines is 1. The van der Waals surface area contributed by atoms with Crippen molar-refractivity contribution >= 4 is 5.69 Å². The summed E-state index contributed by atoms with van der Waals surface area (Å²) in [7, 11) is 0. The fraction of sp³-hybridized carbons (Fsp3) is 0.200. The van der Waals surface area contributed by atoms with Gasteiger partial charge in [0.05, 0.1) is 5.56 Å². The summed E-state index contributed by atoms with van der Waals surface area (Å²) in [5.41, 5.74) is 0.144. The number of phenols is 1. The predicted octanol–water partition coefficient (Wildman–Crippen LogP) is 4.58. The van der Waals surface area contributed by atoms with Crippen LogP contribution in [0.4, 0.5) is 18.9 Å². The molecule has 1 atom stereocenters. The molecule has 0 aliphatic rings. The zero-order chi connectivity index (χ0) is 14.8. The highest BCUT2D eigenvalue weighted by Gasteiger charge is 2.33. The smallest absolute Gasteiger partial charge is 0.418 e. The van der Waals surface area contributed by atoms with E-state index >= 15 is 0 Å². The number of halogens is 3. The van der Waals surface area contributed by atoms with Gasteiger partial charge in [-0.05, 0) is 36.8 Å². The second-order valence-corrected chi connectivity index (χ2v) is 4.50. The van der Waals surface area contributed by atoms with Crippen molar-refractivity contribution in [2.75, 3.05) is 5.32 Å². The minimum Gasteiger partial charge on any atom is -0.508 e. The van der Waals surface area contributed by atoms with Crippen molar-refractivity contribution in [1.29, 1.82) is 0 Å². The number of phenolic OH excluding ortho intramolecular Hbond substituents is 1. The third kappa shape index (κ3) is 3.23. The van der Waals surface area contributed by atoms with E-state index in [1.165, 1.54) is 24.3 Å². The molecule has 0 aromatic heterocycles. The van der Waals surface area contributed by atoms with Gasteiger partial charge in [0.15, 0.2) is 0 Å². The molecular formula is C15H14F3NO. The average Bonchev–Trinajstić information content (AvgIpc) is 2.38. The van der Waals surface area contributed by atoms with Crippen LogP contribution in [0.2, 0.25) is 0 Å². The number of rotatable bonds is 3. The largest absolute Gasteiger partial charge is 0.508 e. The fourth-order valence-corrected chi connectivity index (χ4v) is 1.94. The maximum atomic E-state index is 12.9. The summed E-state index contributed by atoms with van der Waals surface area (Å²) in [6.45, 7) is 1.76. The van der Waals surface area contributed by atoms with Gasteiger partial charge < -0.3 is 10.4 Å². The first kappa shape index (κ1) is 14.2. The Bertz CT molecular complexity index is 578. The molecule has 0 spiro atoms. The first-order valence-electron chi connectivity index (χ1n) is 6.09. The van der Waals surface area contributed by atoms with Gasteiger partial charge in [-0.2, -0.15) is 13.2 Å². The van der Waals surface area contributed by atoms with E-state index < -0.39 is 11.7 Å². The number of hydrogen-bond acceptors (Lipinski definition) is 2. The van der Waals surface area contributed by atoms with Crippen molar-refractivity contribution in [3.05, 3.63) is 59.7 Å². The maximum absolute atomic E-state index is 12.9. The second-order valence-electron chi connectivity index (χ2n) is 4.50. The highest BCUT2D eigenvalue weighted by atomic mass is 19.4. The van der Waals surface area contributed by atoms with Gasteiger partial charge in [0.1, 0.15) is 5.75 Å². The number of para-hydroxylation sites is 1. The van der Waals surface area contributed by atoms with Crippen LogP contribution in [-0.4, -0.2) is 5.11 Å². The molecule has 5 heteroatoms. The Labute approximate surface area is 114 Å². The van der Waals surface area contributed by atoms with E-state index in [1.807, 2.05) is 0 Å². The summed E-state index contributed by atoms with van der Waals surface area (Å²) in [5, 5.41) is 12.1. The van der Waals surface area contributed by atoms with Gasteiger partial charge in [-0.3, -0.25) is 0 Å². The lowest BCUT2D eigenvalue weighted by Gasteiger charge is -2.19. The van der Waals surface area contributed by atoms with E-state index in [0.717, 1.165) is 11.6 Å². The molecule has 0 radical (unpaired) electrons. The van der Waals surface area contributed by atoms with Crippen LogP contribution in [0.3, 0.4) is 0 Å². The van der Waals surface area contributed by atoms with Crippen LogP contribution in [0.25, 0.3) is 0 Å². The maximum Gasteiger partial charge on any atom is 0.418 e. The van der Waals surface area contributed by atoms with Gasteiger partial charge in [-0.1, -0.05) is 24.3 Å². The fourth-order valence-electron chi connectivity index (χ4n) is 1.94. The number of benzene rings is 2. The first-order chi connectivity index (χ1) is 9.38. The van der Waals surface area contributed by atoms with Crippen molar-refractivity contribution in [2.45, 2.75) is 19.1 Å². The third-order valence-electron chi connectivity index (χ3n) is 3.00. The number of nitrogens with one attached hydrogen (secondary N) is 1. The molecule has 0 saturated carbocycles. The van der Waals surface area contributed by atoms with Crippen molar-refractivity contribution in [3.8, 4) is 5.75 Å². The number of aromatic hydroxyl groups is 1. The van der Waals surface area contributed by atoms with Crippen LogP contribution in [0.5, 0.6) is 5.75 Å². The van der Waals surface area contributed by atoms with Crippen molar-refractivity contribution in [1.82, 2.24) is 0 Å². The van der Waals surface area contributed by atoms with Crippen LogP contribution in [0.1, 0.15) is 24.1 Å². The molecule has 2 rings (SSSR count). The molecule has 0 saturated heterocycles. The van der Waals surface area contributed by atoms with Crippen LogP contribution < -0.4 is 5.32 Å². The van der Waals surface area contributed by atoms with Crippen LogP contribution in [-0.2, 0) is 6.18 Å². The molecule has 106 valence electrons. The lowest BCUT2D eigenvalue weighted by molar-refractivity contribution is -0.137. The molecular weight excluding hydrogens is 267 g/mol. The van der Waals surface area contributed by atoms with E-state index in [1.54, 1.807) is 25.1 Å². The summed E-state index contributed by atoms with van der Waals surface area (Å²) in [4.78, 5) is 0. The number of alkyl halides is 3. The van der Waals surface area contributed by atoms with Crippen LogP contribution >= 0.6 is 0 Å². The monoisotopic (exact) mass is 281 g/mol. The molecule has 0 bridgehead atoms. The molecule has 0 aliphatic carbocycles. The topological polar surface area (TPSA) is 32.3 Å². The second kappa shape index (κ2) is 5.45. The van der Waals surface area contributed by atoms with Crippen molar-refractivity contribution in [3.63, 3.8) is 0 Å². The first-order valence-corrected chi connectivity index (χ1v) is 6.09. The SMILES string of the molecule is CC(Nc1ccccc1C(F)(F)F)c1ccc(O)cc1. The molecule has 0 amide bonds. The Morgan fingerprint density at radius 3 is 2.20 bits per heavy atom. The van der Waals surface area contributed by atoms with E-state index in [0.29, 0.717) is 0 Å². The lowest BCUT2D eigenvalue weighted by Crippen LogP contribution is -2.13. The van der Waals surface area contributed by atoms with E-state index in [4.69, 9.17) is 0 Å². The summed E-state index contributed by atoms with van der Waals surface area (Å²) < 4.78 is 38.6. The van der Waals surface area contributed by atoms with Gasteiger partial charge in [0.25, 0.3) is 0 Å². The minimum atomic E-state index is -4.39. The van der Waals surface area contributed by atoms with Gasteiger partial charge in [0, 0.05) is 11.7 Å². The normalized spacial score (nSPS) is 13.0. The third-order valence-corrected chi connectivity index (χ3v) is 3.00. The molecule has 20 heavy (non-hydrogen) atoms. The Hall–Kier alpha value is -2.17. The quantitative estimate of drug-likeness (QED) is 0.862. The Morgan fingerprint density at radius 2 is 1.60 bits per heavy atom. The summed E-state index contributed by atoms with van der Waals surface area (Å²) >= 11 is 0. The molecule has 2 aromatic carbocycles. The standard InChI is InChI=1S/C15H14F3NO/c1-10(11-6-8-12(20)9-7-11)19-14-5-3-2-4-13(14)15(16,17)18/h2-10,19-20H,1H3. The molecule has 2 aromatic rings. The van der Waals surface area contributed by atoms with Crippen LogP contribution in [0, 0.1) is 0 Å². The molecule has 0 fully saturated rings. The lowest BCUT2D eigenvalue weighted by atomic mass is 10.1. The highest BCUT2D eigenvalue weighted by Crippen LogP contribution is 2.36. The van der Waals surface area contributed by atoms with E-state index in [9.17, 15) is 18.3 Å². The van der Waals surface area contributed by atoms with Crippen molar-refractivity contribution in [2.24, 2.45) is 0 Å². The summed E-state index contributed by atoms with van der Waals surface area (Å²) in [6.07, 6.45) is -4.39. The minimum absolute atomic E-state index is 0.0422. The van der Waals surface area contributed by atoms with E-state index in [-0.39, 0.29) is 17.5 Å². The number of hydrogen-bond donors (Lipinski definition) is 2. The molecule has 0 heterocycles. The zero-order valence-corrected chi connectivity index (χ0v) is 10.8. The van der Waals surface area contributed by atoms with Crippen molar-refractivity contribution < 1.29 is 18.3 Å². The van der Waals surface area contributed by atoms with Gasteiger partial charge in [0.2, 0.25) is 0 Å². The predicted molar refractivity (Wildman–Crippen MR) is 71.6 cm³/mol. The van der Waals surface area contributed by atoms with Gasteiger partial charge in [-0.15, -0.1) is 0 Å². The average molecular weight is 281 g/mol. The molecule has 2 nitrogen and oxygen atoms in total. The Balaban J connectivity index is 2.24. The van der Waals surface area contributed by atoms with E-state index in [2.05, 4.69) is 5.32 Å². The Morgan fingerprint density at radius 1 is 1.00 bits per heavy atom. The molecule has 2 N–H and O–H groups in total. The molecule has 1 unspecified atom stereocenters. The summed E-state index contributed by atoms with van der Waals surface area (Å²) in [6, 6.07) is 11.4. The zero-order valence-electron chi connectivity index (χ0n) is 10.8. The van der Waals surface area contributed by atoms with Gasteiger partial charge in [-0.25, -0.2) is 0 Å². The van der Waals surface area contributed by atoms with Crippen LogP contribution in [0.15, 0.2) is 48.5 Å². The Kier molecular flexibility index (Phi) is 3.88. The highest BCUT2D eigenvalue weighted by molar-refractivity contribution is 5.54. The molecule has 0 aliphatic heterocycles. The van der Waals surface area contributed by atoms with Gasteiger partial charge >= 0.3 is 6.18 Å². The summed E-state index contributed by atoms with van der Waals surface area (Å²) in [5.74, 6) is 0.122.